The molecule has 134 valence electrons. The van der Waals surface area contributed by atoms with E-state index >= 15 is 0 Å². The molecule has 0 aliphatic heterocycles. The molecule has 0 aromatic heterocycles. The van der Waals surface area contributed by atoms with Crippen LogP contribution >= 0.6 is 11.8 Å². The number of para-hydroxylation sites is 1. The fourth-order valence-corrected chi connectivity index (χ4v) is 4.31. The molecule has 1 aliphatic carbocycles. The summed E-state index contributed by atoms with van der Waals surface area (Å²) in [5, 5.41) is 11.8. The minimum Gasteiger partial charge on any atom is -0.323 e. The molecule has 4 nitrogen and oxygen atoms in total. The van der Waals surface area contributed by atoms with Gasteiger partial charge < -0.3 is 10.2 Å². The van der Waals surface area contributed by atoms with Crippen LogP contribution in [0, 0.1) is 11.3 Å². The van der Waals surface area contributed by atoms with Crippen LogP contribution < -0.4 is 10.2 Å². The quantitative estimate of drug-likeness (QED) is 0.773. The molecule has 2 atom stereocenters. The number of carbonyl (C=O) groups is 1. The molecule has 3 rings (SSSR count). The van der Waals surface area contributed by atoms with Crippen LogP contribution in [-0.2, 0) is 11.2 Å². The molecular weight excluding hydrogens is 342 g/mol. The summed E-state index contributed by atoms with van der Waals surface area (Å²) in [6.07, 6.45) is 3.43. The molecule has 0 saturated carbocycles. The van der Waals surface area contributed by atoms with Crippen LogP contribution in [0.2, 0.25) is 0 Å². The number of rotatable bonds is 6. The van der Waals surface area contributed by atoms with Crippen molar-refractivity contribution in [1.82, 2.24) is 0 Å². The maximum Gasteiger partial charge on any atom is 0.279 e. The van der Waals surface area contributed by atoms with Gasteiger partial charge in [0.2, 0.25) is 0 Å². The van der Waals surface area contributed by atoms with Crippen LogP contribution in [0.4, 0.5) is 5.69 Å². The van der Waals surface area contributed by atoms with Crippen LogP contribution in [0.5, 0.6) is 0 Å². The van der Waals surface area contributed by atoms with Crippen molar-refractivity contribution in [1.29, 1.82) is 5.26 Å². The van der Waals surface area contributed by atoms with Crippen molar-refractivity contribution in [2.45, 2.75) is 30.2 Å². The van der Waals surface area contributed by atoms with Gasteiger partial charge in [0.05, 0.1) is 24.6 Å². The number of nitrogens with one attached hydrogen (secondary N) is 2. The predicted octanol–water partition coefficient (Wildman–Crippen LogP) is 2.83. The first-order chi connectivity index (χ1) is 12.7. The van der Waals surface area contributed by atoms with E-state index in [-0.39, 0.29) is 5.91 Å². The predicted molar refractivity (Wildman–Crippen MR) is 105 cm³/mol. The Balaban J connectivity index is 1.65. The van der Waals surface area contributed by atoms with Crippen molar-refractivity contribution in [3.8, 4) is 6.07 Å². The number of anilines is 1. The third kappa shape index (κ3) is 4.46. The highest BCUT2D eigenvalue weighted by molar-refractivity contribution is 7.99. The second-order valence-electron chi connectivity index (χ2n) is 6.66. The highest BCUT2D eigenvalue weighted by atomic mass is 32.2. The number of hydrogen-bond donors (Lipinski definition) is 2. The van der Waals surface area contributed by atoms with Gasteiger partial charge in [-0.15, -0.1) is 11.8 Å². The number of thioether (sulfide) groups is 1. The van der Waals surface area contributed by atoms with Crippen LogP contribution in [0.25, 0.3) is 0 Å². The Morgan fingerprint density at radius 3 is 2.88 bits per heavy atom. The Labute approximate surface area is 159 Å². The zero-order chi connectivity index (χ0) is 18.4. The SMILES string of the molecule is C[NH+](CC(=O)Nc1ccccc1SCC#N)[C@H]1CCCc2ccccc21. The lowest BCUT2D eigenvalue weighted by Crippen LogP contribution is -3.10. The van der Waals surface area contributed by atoms with Gasteiger partial charge in [0.25, 0.3) is 5.91 Å². The monoisotopic (exact) mass is 366 g/mol. The Kier molecular flexibility index (Phi) is 6.32. The Bertz CT molecular complexity index is 815. The molecule has 2 aromatic rings. The van der Waals surface area contributed by atoms with Gasteiger partial charge in [0.15, 0.2) is 6.54 Å². The molecule has 0 bridgehead atoms. The summed E-state index contributed by atoms with van der Waals surface area (Å²) in [4.78, 5) is 14.7. The summed E-state index contributed by atoms with van der Waals surface area (Å²) < 4.78 is 0. The maximum absolute atomic E-state index is 12.6. The lowest BCUT2D eigenvalue weighted by molar-refractivity contribution is -0.905. The molecule has 2 N–H and O–H groups in total. The standard InChI is InChI=1S/C21H23N3OS/c1-24(19-11-6-8-16-7-2-3-9-17(16)19)15-21(25)23-18-10-4-5-12-20(18)26-14-13-22/h2-5,7,9-10,12,19H,6,8,11,14-15H2,1H3,(H,23,25)/p+1/t19-/m0/s1. The first-order valence-corrected chi connectivity index (χ1v) is 9.96. The molecule has 0 heterocycles. The summed E-state index contributed by atoms with van der Waals surface area (Å²) in [7, 11) is 2.10. The average molecular weight is 367 g/mol. The van der Waals surface area contributed by atoms with E-state index in [1.54, 1.807) is 0 Å². The smallest absolute Gasteiger partial charge is 0.279 e. The first kappa shape index (κ1) is 18.5. The van der Waals surface area contributed by atoms with E-state index in [0.717, 1.165) is 23.4 Å². The largest absolute Gasteiger partial charge is 0.323 e. The summed E-state index contributed by atoms with van der Waals surface area (Å²) in [5.41, 5.74) is 3.59. The molecule has 1 amide bonds. The van der Waals surface area contributed by atoms with E-state index in [2.05, 4.69) is 42.7 Å². The number of likely N-dealkylation sites (N-methyl/N-ethyl adjacent to an activating group) is 1. The van der Waals surface area contributed by atoms with Crippen molar-refractivity contribution in [2.75, 3.05) is 24.7 Å². The number of quaternary nitrogens is 1. The lowest BCUT2D eigenvalue weighted by Gasteiger charge is -2.30. The Morgan fingerprint density at radius 2 is 2.04 bits per heavy atom. The van der Waals surface area contributed by atoms with E-state index < -0.39 is 0 Å². The number of carbonyl (C=O) groups excluding carboxylic acids is 1. The molecule has 0 spiro atoms. The molecule has 0 fully saturated rings. The van der Waals surface area contributed by atoms with Crippen LogP contribution in [0.1, 0.15) is 30.0 Å². The third-order valence-electron chi connectivity index (χ3n) is 4.86. The van der Waals surface area contributed by atoms with Crippen LogP contribution in [0.15, 0.2) is 53.4 Å². The maximum atomic E-state index is 12.6. The number of nitriles is 1. The molecular formula is C21H24N3OS+. The number of benzene rings is 2. The third-order valence-corrected chi connectivity index (χ3v) is 5.80. The highest BCUT2D eigenvalue weighted by Crippen LogP contribution is 2.28. The number of aryl methyl sites for hydroxylation is 1. The Hall–Kier alpha value is -2.29. The van der Waals surface area contributed by atoms with Gasteiger partial charge in [-0.1, -0.05) is 36.4 Å². The zero-order valence-corrected chi connectivity index (χ0v) is 15.8. The zero-order valence-electron chi connectivity index (χ0n) is 15.0. The van der Waals surface area contributed by atoms with E-state index in [0.29, 0.717) is 18.3 Å². The minimum absolute atomic E-state index is 0.00978. The van der Waals surface area contributed by atoms with Crippen molar-refractivity contribution in [3.63, 3.8) is 0 Å². The molecule has 2 aromatic carbocycles. The second-order valence-corrected chi connectivity index (χ2v) is 7.68. The van der Waals surface area contributed by atoms with Gasteiger partial charge in [-0.05, 0) is 30.5 Å². The molecule has 5 heteroatoms. The number of nitrogens with zero attached hydrogens (tertiary/aromatic N) is 1. The van der Waals surface area contributed by atoms with Crippen molar-refractivity contribution < 1.29 is 9.69 Å². The fraction of sp³-hybridized carbons (Fsp3) is 0.333. The van der Waals surface area contributed by atoms with Gasteiger partial charge in [0.1, 0.15) is 6.04 Å². The van der Waals surface area contributed by atoms with Crippen molar-refractivity contribution >= 4 is 23.4 Å². The van der Waals surface area contributed by atoms with Gasteiger partial charge >= 0.3 is 0 Å². The number of amides is 1. The second kappa shape index (κ2) is 8.88. The summed E-state index contributed by atoms with van der Waals surface area (Å²) in [6.45, 7) is 0.427. The van der Waals surface area contributed by atoms with Gasteiger partial charge in [0, 0.05) is 16.9 Å². The first-order valence-electron chi connectivity index (χ1n) is 8.98. The van der Waals surface area contributed by atoms with E-state index in [1.165, 1.54) is 34.2 Å². The van der Waals surface area contributed by atoms with Crippen LogP contribution in [0.3, 0.4) is 0 Å². The summed E-state index contributed by atoms with van der Waals surface area (Å²) in [5.74, 6) is 0.382. The summed E-state index contributed by atoms with van der Waals surface area (Å²) >= 11 is 1.44. The molecule has 0 radical (unpaired) electrons. The molecule has 0 saturated heterocycles. The van der Waals surface area contributed by atoms with Crippen molar-refractivity contribution in [2.24, 2.45) is 0 Å². The van der Waals surface area contributed by atoms with E-state index in [9.17, 15) is 4.79 Å². The average Bonchev–Trinajstić information content (AvgIpc) is 2.66. The number of hydrogen-bond acceptors (Lipinski definition) is 3. The highest BCUT2D eigenvalue weighted by Gasteiger charge is 2.28. The fourth-order valence-electron chi connectivity index (χ4n) is 3.64. The molecule has 1 unspecified atom stereocenters. The van der Waals surface area contributed by atoms with Gasteiger partial charge in [-0.25, -0.2) is 0 Å². The number of fused-ring (bicyclic) bond motifs is 1. The lowest BCUT2D eigenvalue weighted by atomic mass is 9.87. The van der Waals surface area contributed by atoms with Gasteiger partial charge in [-0.2, -0.15) is 5.26 Å². The normalized spacial score (nSPS) is 17.0. The van der Waals surface area contributed by atoms with E-state index in [4.69, 9.17) is 5.26 Å². The molecule has 26 heavy (non-hydrogen) atoms. The minimum atomic E-state index is 0.00978. The van der Waals surface area contributed by atoms with E-state index in [1.807, 2.05) is 24.3 Å². The Morgan fingerprint density at radius 1 is 1.27 bits per heavy atom. The van der Waals surface area contributed by atoms with Crippen molar-refractivity contribution in [3.05, 3.63) is 59.7 Å². The van der Waals surface area contributed by atoms with Gasteiger partial charge in [-0.3, -0.25) is 4.79 Å². The van der Waals surface area contributed by atoms with Crippen LogP contribution in [-0.4, -0.2) is 25.3 Å². The topological polar surface area (TPSA) is 57.3 Å². The summed E-state index contributed by atoms with van der Waals surface area (Å²) in [6, 6.07) is 18.7. The molecule has 1 aliphatic rings.